The number of nitrogens with zero attached hydrogens (tertiary/aromatic N) is 1. The number of benzene rings is 2. The number of thioether (sulfide) groups is 1. The summed E-state index contributed by atoms with van der Waals surface area (Å²) in [6, 6.07) is 16.1. The maximum absolute atomic E-state index is 12.1. The number of rotatable bonds is 6. The molecular formula is C21H27N3OS. The SMILES string of the molecule is Cc1ccccc1CNC(=O)Nc1ccc(CCN2CCSCC2)cc1. The van der Waals surface area contributed by atoms with Crippen molar-refractivity contribution < 1.29 is 4.79 Å². The minimum atomic E-state index is -0.174. The normalized spacial score (nSPS) is 14.8. The molecule has 0 bridgehead atoms. The van der Waals surface area contributed by atoms with Gasteiger partial charge in [-0.2, -0.15) is 11.8 Å². The molecule has 1 fully saturated rings. The molecule has 26 heavy (non-hydrogen) atoms. The molecule has 1 saturated heterocycles. The number of aryl methyl sites for hydroxylation is 1. The summed E-state index contributed by atoms with van der Waals surface area (Å²) < 4.78 is 0. The molecule has 2 aromatic carbocycles. The zero-order chi connectivity index (χ0) is 18.2. The molecule has 0 radical (unpaired) electrons. The standard InChI is InChI=1S/C21H27N3OS/c1-17-4-2-3-5-19(17)16-22-21(25)23-20-8-6-18(7-9-20)10-11-24-12-14-26-15-13-24/h2-9H,10-16H2,1H3,(H2,22,23,25). The lowest BCUT2D eigenvalue weighted by molar-refractivity contribution is 0.251. The second kappa shape index (κ2) is 9.64. The summed E-state index contributed by atoms with van der Waals surface area (Å²) in [6.07, 6.45) is 1.06. The second-order valence-corrected chi connectivity index (χ2v) is 7.86. The summed E-state index contributed by atoms with van der Waals surface area (Å²) in [5, 5.41) is 5.81. The Bertz CT molecular complexity index is 711. The predicted molar refractivity (Wildman–Crippen MR) is 111 cm³/mol. The van der Waals surface area contributed by atoms with Crippen molar-refractivity contribution in [3.8, 4) is 0 Å². The fraction of sp³-hybridized carbons (Fsp3) is 0.381. The molecule has 2 amide bonds. The van der Waals surface area contributed by atoms with Crippen molar-refractivity contribution >= 4 is 23.5 Å². The van der Waals surface area contributed by atoms with E-state index in [4.69, 9.17) is 0 Å². The van der Waals surface area contributed by atoms with Crippen LogP contribution >= 0.6 is 11.8 Å². The van der Waals surface area contributed by atoms with Crippen LogP contribution in [0.25, 0.3) is 0 Å². The molecule has 3 rings (SSSR count). The van der Waals surface area contributed by atoms with Crippen LogP contribution in [0.1, 0.15) is 16.7 Å². The summed E-state index contributed by atoms with van der Waals surface area (Å²) in [6.45, 7) is 6.10. The Morgan fingerprint density at radius 1 is 1.08 bits per heavy atom. The molecule has 2 aromatic rings. The van der Waals surface area contributed by atoms with Gasteiger partial charge in [0.05, 0.1) is 0 Å². The van der Waals surface area contributed by atoms with Crippen molar-refractivity contribution in [1.82, 2.24) is 10.2 Å². The van der Waals surface area contributed by atoms with Crippen molar-refractivity contribution in [1.29, 1.82) is 0 Å². The van der Waals surface area contributed by atoms with Gasteiger partial charge in [0.1, 0.15) is 0 Å². The van der Waals surface area contributed by atoms with E-state index in [-0.39, 0.29) is 6.03 Å². The van der Waals surface area contributed by atoms with E-state index in [1.807, 2.05) is 42.1 Å². The predicted octanol–water partition coefficient (Wildman–Crippen LogP) is 3.91. The van der Waals surface area contributed by atoms with E-state index < -0.39 is 0 Å². The van der Waals surface area contributed by atoms with Gasteiger partial charge in [-0.15, -0.1) is 0 Å². The lowest BCUT2D eigenvalue weighted by Gasteiger charge is -2.26. The molecule has 2 N–H and O–H groups in total. The number of anilines is 1. The average Bonchev–Trinajstić information content (AvgIpc) is 2.68. The maximum atomic E-state index is 12.1. The number of carbonyl (C=O) groups is 1. The van der Waals surface area contributed by atoms with Crippen molar-refractivity contribution in [2.75, 3.05) is 36.5 Å². The summed E-state index contributed by atoms with van der Waals surface area (Å²) in [4.78, 5) is 14.6. The highest BCUT2D eigenvalue weighted by Gasteiger charge is 2.10. The van der Waals surface area contributed by atoms with Crippen LogP contribution in [0, 0.1) is 6.92 Å². The first-order valence-corrected chi connectivity index (χ1v) is 10.3. The van der Waals surface area contributed by atoms with Gasteiger partial charge in [0.25, 0.3) is 0 Å². The first kappa shape index (κ1) is 18.8. The highest BCUT2D eigenvalue weighted by atomic mass is 32.2. The van der Waals surface area contributed by atoms with Gasteiger partial charge in [-0.1, -0.05) is 36.4 Å². The first-order chi connectivity index (χ1) is 12.7. The van der Waals surface area contributed by atoms with Crippen LogP contribution in [0.4, 0.5) is 10.5 Å². The van der Waals surface area contributed by atoms with Crippen molar-refractivity contribution in [3.63, 3.8) is 0 Å². The Morgan fingerprint density at radius 3 is 2.54 bits per heavy atom. The van der Waals surface area contributed by atoms with Gasteiger partial charge in [-0.05, 0) is 42.2 Å². The Morgan fingerprint density at radius 2 is 1.81 bits per heavy atom. The third-order valence-electron chi connectivity index (χ3n) is 4.73. The van der Waals surface area contributed by atoms with Crippen LogP contribution in [-0.4, -0.2) is 42.1 Å². The fourth-order valence-corrected chi connectivity index (χ4v) is 4.00. The van der Waals surface area contributed by atoms with Gasteiger partial charge in [0.2, 0.25) is 0 Å². The molecule has 1 aliphatic heterocycles. The molecule has 1 heterocycles. The van der Waals surface area contributed by atoms with Gasteiger partial charge in [-0.25, -0.2) is 4.79 Å². The van der Waals surface area contributed by atoms with E-state index in [0.29, 0.717) is 6.54 Å². The molecule has 0 aliphatic carbocycles. The molecule has 0 atom stereocenters. The third-order valence-corrected chi connectivity index (χ3v) is 5.68. The third kappa shape index (κ3) is 5.78. The molecule has 0 saturated carbocycles. The number of hydrogen-bond donors (Lipinski definition) is 2. The Kier molecular flexibility index (Phi) is 6.97. The molecular weight excluding hydrogens is 342 g/mol. The Hall–Kier alpha value is -1.98. The summed E-state index contributed by atoms with van der Waals surface area (Å²) in [5.74, 6) is 2.50. The average molecular weight is 370 g/mol. The largest absolute Gasteiger partial charge is 0.334 e. The van der Waals surface area contributed by atoms with E-state index in [1.165, 1.54) is 35.7 Å². The number of amides is 2. The monoisotopic (exact) mass is 369 g/mol. The van der Waals surface area contributed by atoms with Crippen LogP contribution in [0.2, 0.25) is 0 Å². The number of carbonyl (C=O) groups excluding carboxylic acids is 1. The molecule has 138 valence electrons. The van der Waals surface area contributed by atoms with Crippen LogP contribution in [-0.2, 0) is 13.0 Å². The molecule has 1 aliphatic rings. The molecule has 0 unspecified atom stereocenters. The minimum Gasteiger partial charge on any atom is -0.334 e. The Labute approximate surface area is 160 Å². The van der Waals surface area contributed by atoms with Crippen LogP contribution in [0.15, 0.2) is 48.5 Å². The lowest BCUT2D eigenvalue weighted by atomic mass is 10.1. The van der Waals surface area contributed by atoms with Crippen molar-refractivity contribution in [3.05, 3.63) is 65.2 Å². The zero-order valence-electron chi connectivity index (χ0n) is 15.3. The van der Waals surface area contributed by atoms with Crippen LogP contribution in [0.5, 0.6) is 0 Å². The number of hydrogen-bond acceptors (Lipinski definition) is 3. The topological polar surface area (TPSA) is 44.4 Å². The Balaban J connectivity index is 1.43. The second-order valence-electron chi connectivity index (χ2n) is 6.64. The maximum Gasteiger partial charge on any atom is 0.319 e. The van der Waals surface area contributed by atoms with Gasteiger partial charge in [0, 0.05) is 43.4 Å². The zero-order valence-corrected chi connectivity index (χ0v) is 16.1. The minimum absolute atomic E-state index is 0.174. The van der Waals surface area contributed by atoms with Crippen LogP contribution in [0.3, 0.4) is 0 Å². The van der Waals surface area contributed by atoms with Gasteiger partial charge in [-0.3, -0.25) is 0 Å². The lowest BCUT2D eigenvalue weighted by Crippen LogP contribution is -2.34. The highest BCUT2D eigenvalue weighted by Crippen LogP contribution is 2.13. The van der Waals surface area contributed by atoms with E-state index in [1.54, 1.807) is 0 Å². The smallest absolute Gasteiger partial charge is 0.319 e. The molecule has 4 nitrogen and oxygen atoms in total. The van der Waals surface area contributed by atoms with Gasteiger partial charge < -0.3 is 15.5 Å². The van der Waals surface area contributed by atoms with E-state index in [2.05, 4.69) is 40.7 Å². The highest BCUT2D eigenvalue weighted by molar-refractivity contribution is 7.99. The number of nitrogens with one attached hydrogen (secondary N) is 2. The van der Waals surface area contributed by atoms with Gasteiger partial charge >= 0.3 is 6.03 Å². The van der Waals surface area contributed by atoms with Crippen molar-refractivity contribution in [2.45, 2.75) is 19.9 Å². The number of urea groups is 1. The quantitative estimate of drug-likeness (QED) is 0.811. The molecule has 0 spiro atoms. The van der Waals surface area contributed by atoms with Crippen LogP contribution < -0.4 is 10.6 Å². The van der Waals surface area contributed by atoms with Gasteiger partial charge in [0.15, 0.2) is 0 Å². The fourth-order valence-electron chi connectivity index (χ4n) is 3.03. The summed E-state index contributed by atoms with van der Waals surface area (Å²) in [7, 11) is 0. The first-order valence-electron chi connectivity index (χ1n) is 9.19. The summed E-state index contributed by atoms with van der Waals surface area (Å²) in [5.41, 5.74) is 4.46. The van der Waals surface area contributed by atoms with Crippen molar-refractivity contribution in [2.24, 2.45) is 0 Å². The summed E-state index contributed by atoms with van der Waals surface area (Å²) >= 11 is 2.04. The van der Waals surface area contributed by atoms with E-state index >= 15 is 0 Å². The molecule has 5 heteroatoms. The van der Waals surface area contributed by atoms with E-state index in [9.17, 15) is 4.79 Å². The molecule has 0 aromatic heterocycles. The van der Waals surface area contributed by atoms with E-state index in [0.717, 1.165) is 24.2 Å².